The maximum absolute atomic E-state index is 13.3. The van der Waals surface area contributed by atoms with E-state index in [1.807, 2.05) is 49.5 Å². The fourth-order valence-electron chi connectivity index (χ4n) is 4.30. The van der Waals surface area contributed by atoms with Gasteiger partial charge in [-0.25, -0.2) is 0 Å². The fraction of sp³-hybridized carbons (Fsp3) is 0.360. The van der Waals surface area contributed by atoms with Crippen LogP contribution in [0.1, 0.15) is 43.2 Å². The molecule has 5 nitrogen and oxygen atoms in total. The molecule has 1 saturated heterocycles. The summed E-state index contributed by atoms with van der Waals surface area (Å²) in [6, 6.07) is 11.5. The molecule has 1 heterocycles. The van der Waals surface area contributed by atoms with E-state index in [1.54, 1.807) is 16.9 Å². The van der Waals surface area contributed by atoms with E-state index in [2.05, 4.69) is 15.9 Å². The quantitative estimate of drug-likeness (QED) is 0.307. The summed E-state index contributed by atoms with van der Waals surface area (Å²) in [6.07, 6.45) is 7.37. The first-order valence-corrected chi connectivity index (χ1v) is 12.5. The molecule has 1 amide bonds. The molecule has 2 aromatic carbocycles. The standard InChI is InChI=1S/C25H26BrClN2O3S/c1-28-21(24(30)29(25(28)33)19-6-4-3-5-7-19)13-17-12-20(26)23(22(14-17)31-2)32-15-16-8-10-18(27)11-9-16/h8-14,19H,3-7,15H2,1-2H3/b21-13-. The molecule has 2 aliphatic rings. The van der Waals surface area contributed by atoms with E-state index in [0.717, 1.165) is 41.3 Å². The average Bonchev–Trinajstić information content (AvgIpc) is 3.02. The first-order chi connectivity index (χ1) is 15.9. The number of hydrogen-bond acceptors (Lipinski definition) is 4. The summed E-state index contributed by atoms with van der Waals surface area (Å²) in [7, 11) is 3.45. The van der Waals surface area contributed by atoms with Crippen molar-refractivity contribution in [2.45, 2.75) is 44.8 Å². The largest absolute Gasteiger partial charge is 0.493 e. The van der Waals surface area contributed by atoms with E-state index in [0.29, 0.717) is 33.9 Å². The zero-order valence-electron chi connectivity index (χ0n) is 18.6. The van der Waals surface area contributed by atoms with Crippen LogP contribution in [0.15, 0.2) is 46.6 Å². The molecule has 8 heteroatoms. The van der Waals surface area contributed by atoms with Crippen LogP contribution >= 0.6 is 39.7 Å². The molecule has 174 valence electrons. The summed E-state index contributed by atoms with van der Waals surface area (Å²) < 4.78 is 12.4. The van der Waals surface area contributed by atoms with Gasteiger partial charge in [-0.2, -0.15) is 0 Å². The predicted molar refractivity (Wildman–Crippen MR) is 139 cm³/mol. The van der Waals surface area contributed by atoms with Crippen LogP contribution in [0.2, 0.25) is 5.02 Å². The van der Waals surface area contributed by atoms with Gasteiger partial charge in [-0.05, 0) is 82.5 Å². The van der Waals surface area contributed by atoms with Crippen molar-refractivity contribution in [3.8, 4) is 11.5 Å². The van der Waals surface area contributed by atoms with E-state index in [-0.39, 0.29) is 11.9 Å². The second kappa shape index (κ2) is 10.5. The van der Waals surface area contributed by atoms with Crippen LogP contribution in [-0.2, 0) is 11.4 Å². The minimum absolute atomic E-state index is 0.0347. The number of benzene rings is 2. The highest BCUT2D eigenvalue weighted by Crippen LogP contribution is 2.38. The minimum Gasteiger partial charge on any atom is -0.493 e. The highest BCUT2D eigenvalue weighted by atomic mass is 79.9. The Labute approximate surface area is 213 Å². The van der Waals surface area contributed by atoms with Crippen LogP contribution in [-0.4, -0.2) is 41.0 Å². The lowest BCUT2D eigenvalue weighted by atomic mass is 9.94. The van der Waals surface area contributed by atoms with Gasteiger partial charge < -0.3 is 14.4 Å². The Morgan fingerprint density at radius 3 is 2.55 bits per heavy atom. The number of thiocarbonyl (C=S) groups is 1. The van der Waals surface area contributed by atoms with Gasteiger partial charge in [0, 0.05) is 18.1 Å². The molecule has 1 aliphatic carbocycles. The number of hydrogen-bond donors (Lipinski definition) is 0. The van der Waals surface area contributed by atoms with Crippen molar-refractivity contribution in [3.63, 3.8) is 0 Å². The topological polar surface area (TPSA) is 42.0 Å². The SMILES string of the molecule is COc1cc(/C=C2/C(=O)N(C3CCCCC3)C(=S)N2C)cc(Br)c1OCc1ccc(Cl)cc1. The molecule has 0 N–H and O–H groups in total. The molecular formula is C25H26BrClN2O3S. The van der Waals surface area contributed by atoms with Gasteiger partial charge in [-0.3, -0.25) is 9.69 Å². The number of carbonyl (C=O) groups excluding carboxylic acids is 1. The maximum Gasteiger partial charge on any atom is 0.277 e. The summed E-state index contributed by atoms with van der Waals surface area (Å²) in [6.45, 7) is 0.373. The number of ether oxygens (including phenoxy) is 2. The van der Waals surface area contributed by atoms with Crippen molar-refractivity contribution in [1.29, 1.82) is 0 Å². The van der Waals surface area contributed by atoms with Crippen molar-refractivity contribution in [3.05, 3.63) is 62.7 Å². The van der Waals surface area contributed by atoms with Gasteiger partial charge in [-0.15, -0.1) is 0 Å². The molecule has 0 unspecified atom stereocenters. The van der Waals surface area contributed by atoms with Crippen LogP contribution in [0.4, 0.5) is 0 Å². The average molecular weight is 550 g/mol. The summed E-state index contributed by atoms with van der Waals surface area (Å²) in [5, 5.41) is 1.26. The van der Waals surface area contributed by atoms with Crippen molar-refractivity contribution in [1.82, 2.24) is 9.80 Å². The number of carbonyl (C=O) groups is 1. The summed E-state index contributed by atoms with van der Waals surface area (Å²) in [4.78, 5) is 16.9. The van der Waals surface area contributed by atoms with Crippen molar-refractivity contribution in [2.24, 2.45) is 0 Å². The van der Waals surface area contributed by atoms with Crippen molar-refractivity contribution >= 4 is 56.8 Å². The molecule has 0 atom stereocenters. The molecule has 4 rings (SSSR count). The first-order valence-electron chi connectivity index (χ1n) is 11.0. The van der Waals surface area contributed by atoms with Crippen LogP contribution in [0, 0.1) is 0 Å². The molecular weight excluding hydrogens is 524 g/mol. The maximum atomic E-state index is 13.3. The van der Waals surface area contributed by atoms with Crippen LogP contribution in [0.25, 0.3) is 6.08 Å². The van der Waals surface area contributed by atoms with E-state index in [1.165, 1.54) is 6.42 Å². The van der Waals surface area contributed by atoms with Crippen molar-refractivity contribution in [2.75, 3.05) is 14.2 Å². The van der Waals surface area contributed by atoms with Crippen molar-refractivity contribution < 1.29 is 14.3 Å². The molecule has 1 aliphatic heterocycles. The summed E-state index contributed by atoms with van der Waals surface area (Å²) in [5.41, 5.74) is 2.38. The van der Waals surface area contributed by atoms with E-state index < -0.39 is 0 Å². The number of methoxy groups -OCH3 is 1. The van der Waals surface area contributed by atoms with E-state index >= 15 is 0 Å². The molecule has 0 aromatic heterocycles. The highest BCUT2D eigenvalue weighted by Gasteiger charge is 2.40. The molecule has 33 heavy (non-hydrogen) atoms. The second-order valence-electron chi connectivity index (χ2n) is 8.29. The lowest BCUT2D eigenvalue weighted by molar-refractivity contribution is -0.124. The van der Waals surface area contributed by atoms with Gasteiger partial charge in [0.25, 0.3) is 5.91 Å². The third-order valence-corrected chi connectivity index (χ3v) is 7.40. The summed E-state index contributed by atoms with van der Waals surface area (Å²) in [5.74, 6) is 1.14. The molecule has 0 spiro atoms. The predicted octanol–water partition coefficient (Wildman–Crippen LogP) is 6.42. The van der Waals surface area contributed by atoms with Crippen LogP contribution in [0.3, 0.4) is 0 Å². The fourth-order valence-corrected chi connectivity index (χ4v) is 5.33. The summed E-state index contributed by atoms with van der Waals surface area (Å²) >= 11 is 15.2. The normalized spacial score (nSPS) is 18.4. The van der Waals surface area contributed by atoms with E-state index in [4.69, 9.17) is 33.3 Å². The number of likely N-dealkylation sites (N-methyl/N-ethyl adjacent to an activating group) is 1. The van der Waals surface area contributed by atoms with Gasteiger partial charge in [0.05, 0.1) is 11.6 Å². The Balaban J connectivity index is 1.57. The molecule has 2 fully saturated rings. The Morgan fingerprint density at radius 1 is 1.18 bits per heavy atom. The lowest BCUT2D eigenvalue weighted by Crippen LogP contribution is -2.41. The number of halogens is 2. The molecule has 1 saturated carbocycles. The van der Waals surface area contributed by atoms with E-state index in [9.17, 15) is 4.79 Å². The first kappa shape index (κ1) is 24.0. The zero-order valence-corrected chi connectivity index (χ0v) is 21.8. The Kier molecular flexibility index (Phi) is 7.62. The zero-order chi connectivity index (χ0) is 23.5. The van der Waals surface area contributed by atoms with Crippen LogP contribution < -0.4 is 9.47 Å². The third-order valence-electron chi connectivity index (χ3n) is 6.08. The third kappa shape index (κ3) is 5.20. The molecule has 2 aromatic rings. The lowest BCUT2D eigenvalue weighted by Gasteiger charge is -2.30. The Bertz CT molecular complexity index is 1080. The number of nitrogens with zero attached hydrogens (tertiary/aromatic N) is 2. The monoisotopic (exact) mass is 548 g/mol. The van der Waals surface area contributed by atoms with Crippen LogP contribution in [0.5, 0.6) is 11.5 Å². The number of rotatable bonds is 6. The van der Waals surface area contributed by atoms with Gasteiger partial charge in [-0.1, -0.05) is 43.0 Å². The smallest absolute Gasteiger partial charge is 0.277 e. The Hall–Kier alpha value is -2.09. The minimum atomic E-state index is -0.0347. The van der Waals surface area contributed by atoms with Gasteiger partial charge in [0.1, 0.15) is 12.3 Å². The molecule has 0 radical (unpaired) electrons. The van der Waals surface area contributed by atoms with Gasteiger partial charge in [0.15, 0.2) is 16.6 Å². The van der Waals surface area contributed by atoms with Gasteiger partial charge >= 0.3 is 0 Å². The Morgan fingerprint density at radius 2 is 1.88 bits per heavy atom. The van der Waals surface area contributed by atoms with Gasteiger partial charge in [0.2, 0.25) is 0 Å². The molecule has 0 bridgehead atoms. The highest BCUT2D eigenvalue weighted by molar-refractivity contribution is 9.10. The second-order valence-corrected chi connectivity index (χ2v) is 9.94. The number of amides is 1.